The highest BCUT2D eigenvalue weighted by atomic mass is 16.3. The van der Waals surface area contributed by atoms with Crippen LogP contribution in [0.4, 0.5) is 5.82 Å². The lowest BCUT2D eigenvalue weighted by atomic mass is 9.76. The van der Waals surface area contributed by atoms with E-state index in [1.807, 2.05) is 24.3 Å². The lowest BCUT2D eigenvalue weighted by Crippen LogP contribution is -2.42. The van der Waals surface area contributed by atoms with Crippen LogP contribution in [0, 0.1) is 0 Å². The van der Waals surface area contributed by atoms with Crippen LogP contribution in [0.15, 0.2) is 47.7 Å². The van der Waals surface area contributed by atoms with E-state index in [-0.39, 0.29) is 17.4 Å². The minimum Gasteiger partial charge on any atom is -0.483 e. The molecule has 4 N–H and O–H groups in total. The molecule has 3 aromatic rings. The smallest absolute Gasteiger partial charge is 0.290 e. The predicted octanol–water partition coefficient (Wildman–Crippen LogP) is 1.99. The van der Waals surface area contributed by atoms with Crippen molar-refractivity contribution in [3.63, 3.8) is 0 Å². The fourth-order valence-corrected chi connectivity index (χ4v) is 4.74. The number of rotatable bonds is 3. The average Bonchev–Trinajstić information content (AvgIpc) is 3.17. The van der Waals surface area contributed by atoms with Crippen molar-refractivity contribution in [1.29, 1.82) is 0 Å². The summed E-state index contributed by atoms with van der Waals surface area (Å²) in [4.78, 5) is 39.8. The second kappa shape index (κ2) is 9.27. The quantitative estimate of drug-likeness (QED) is 0.532. The Kier molecular flexibility index (Phi) is 6.27. The monoisotopic (exact) mass is 434 g/mol. The molecule has 9 heteroatoms. The third-order valence-corrected chi connectivity index (χ3v) is 6.44. The Labute approximate surface area is 185 Å². The molecule has 4 heterocycles. The van der Waals surface area contributed by atoms with E-state index in [4.69, 9.17) is 20.6 Å². The van der Waals surface area contributed by atoms with Gasteiger partial charge in [0.1, 0.15) is 11.6 Å². The number of carbonyl (C=O) groups is 1. The Morgan fingerprint density at radius 2 is 1.94 bits per heavy atom. The van der Waals surface area contributed by atoms with Gasteiger partial charge in [-0.05, 0) is 57.0 Å². The van der Waals surface area contributed by atoms with Gasteiger partial charge in [0.2, 0.25) is 0 Å². The summed E-state index contributed by atoms with van der Waals surface area (Å²) in [6, 6.07) is 7.76. The van der Waals surface area contributed by atoms with Crippen molar-refractivity contribution in [2.45, 2.75) is 37.6 Å². The van der Waals surface area contributed by atoms with Crippen molar-refractivity contribution < 1.29 is 9.90 Å². The van der Waals surface area contributed by atoms with Gasteiger partial charge < -0.3 is 15.8 Å². The fourth-order valence-electron chi connectivity index (χ4n) is 4.74. The summed E-state index contributed by atoms with van der Waals surface area (Å²) in [5.74, 6) is 1.22. The van der Waals surface area contributed by atoms with E-state index in [1.54, 1.807) is 18.6 Å². The number of carboxylic acid groups (broad SMARTS) is 1. The minimum absolute atomic E-state index is 0.00245. The summed E-state index contributed by atoms with van der Waals surface area (Å²) in [5.41, 5.74) is 9.79. The van der Waals surface area contributed by atoms with Gasteiger partial charge in [-0.2, -0.15) is 0 Å². The number of anilines is 1. The molecule has 0 bridgehead atoms. The van der Waals surface area contributed by atoms with Crippen LogP contribution < -0.4 is 11.3 Å². The Bertz CT molecular complexity index is 1140. The van der Waals surface area contributed by atoms with E-state index in [2.05, 4.69) is 19.9 Å². The molecule has 1 fully saturated rings. The van der Waals surface area contributed by atoms with E-state index >= 15 is 0 Å². The number of nitrogen functional groups attached to an aromatic ring is 1. The number of H-pyrrole nitrogens is 1. The lowest BCUT2D eigenvalue weighted by Gasteiger charge is -2.39. The highest BCUT2D eigenvalue weighted by molar-refractivity contribution is 5.54. The fraction of sp³-hybridized carbons (Fsp3) is 0.348. The molecule has 5 rings (SSSR count). The molecule has 0 amide bonds. The molecule has 2 aliphatic rings. The number of aromatic nitrogens is 4. The Morgan fingerprint density at radius 1 is 1.19 bits per heavy atom. The molecular formula is C23H26N6O3. The maximum atomic E-state index is 12.7. The number of hydrogen-bond donors (Lipinski definition) is 3. The number of likely N-dealkylation sites (tertiary alicyclic amines) is 1. The number of pyridine rings is 2. The van der Waals surface area contributed by atoms with Crippen LogP contribution in [0.2, 0.25) is 0 Å². The number of piperidine rings is 1. The number of nitrogens with zero attached hydrogens (tertiary/aromatic N) is 4. The normalized spacial score (nSPS) is 16.8. The SMILES string of the molecule is Nc1ncccc1CN1CCC2(CCc3c2nc(-c2cccnc2)[nH]c3=O)CC1.O=CO. The molecule has 1 aliphatic heterocycles. The van der Waals surface area contributed by atoms with Gasteiger partial charge in [0.05, 0.1) is 5.69 Å². The number of aromatic amines is 1. The van der Waals surface area contributed by atoms with E-state index in [0.717, 1.165) is 67.7 Å². The highest BCUT2D eigenvalue weighted by Gasteiger charge is 2.44. The van der Waals surface area contributed by atoms with Crippen molar-refractivity contribution in [3.8, 4) is 11.4 Å². The van der Waals surface area contributed by atoms with Crippen molar-refractivity contribution >= 4 is 12.3 Å². The van der Waals surface area contributed by atoms with Crippen LogP contribution in [0.25, 0.3) is 11.4 Å². The molecule has 0 atom stereocenters. The van der Waals surface area contributed by atoms with Crippen molar-refractivity contribution in [3.05, 3.63) is 70.0 Å². The first-order chi connectivity index (χ1) is 15.6. The van der Waals surface area contributed by atoms with Crippen LogP contribution in [0.1, 0.15) is 36.1 Å². The first kappa shape index (κ1) is 21.6. The number of nitrogens with two attached hydrogens (primary N) is 1. The predicted molar refractivity (Wildman–Crippen MR) is 120 cm³/mol. The van der Waals surface area contributed by atoms with E-state index in [9.17, 15) is 4.79 Å². The van der Waals surface area contributed by atoms with Crippen molar-refractivity contribution in [2.24, 2.45) is 0 Å². The van der Waals surface area contributed by atoms with Crippen LogP contribution >= 0.6 is 0 Å². The van der Waals surface area contributed by atoms with Gasteiger partial charge in [-0.25, -0.2) is 9.97 Å². The van der Waals surface area contributed by atoms with Gasteiger partial charge >= 0.3 is 0 Å². The van der Waals surface area contributed by atoms with Crippen molar-refractivity contribution in [1.82, 2.24) is 24.8 Å². The van der Waals surface area contributed by atoms with Gasteiger partial charge in [-0.15, -0.1) is 0 Å². The summed E-state index contributed by atoms with van der Waals surface area (Å²) in [6.07, 6.45) is 9.00. The van der Waals surface area contributed by atoms with E-state index in [0.29, 0.717) is 11.6 Å². The summed E-state index contributed by atoms with van der Waals surface area (Å²) < 4.78 is 0. The van der Waals surface area contributed by atoms with Gasteiger partial charge in [0, 0.05) is 47.2 Å². The molecule has 1 saturated heterocycles. The summed E-state index contributed by atoms with van der Waals surface area (Å²) in [7, 11) is 0. The second-order valence-corrected chi connectivity index (χ2v) is 8.19. The van der Waals surface area contributed by atoms with E-state index < -0.39 is 0 Å². The van der Waals surface area contributed by atoms with Gasteiger partial charge in [-0.3, -0.25) is 19.5 Å². The molecular weight excluding hydrogens is 408 g/mol. The Balaban J connectivity index is 0.000000775. The van der Waals surface area contributed by atoms with Gasteiger partial charge in [-0.1, -0.05) is 6.07 Å². The average molecular weight is 435 g/mol. The van der Waals surface area contributed by atoms with Crippen molar-refractivity contribution in [2.75, 3.05) is 18.8 Å². The maximum absolute atomic E-state index is 12.7. The van der Waals surface area contributed by atoms with Crippen LogP contribution in [0.5, 0.6) is 0 Å². The minimum atomic E-state index is -0.250. The topological polar surface area (TPSA) is 138 Å². The first-order valence-corrected chi connectivity index (χ1v) is 10.6. The van der Waals surface area contributed by atoms with Crippen LogP contribution in [0.3, 0.4) is 0 Å². The largest absolute Gasteiger partial charge is 0.483 e. The summed E-state index contributed by atoms with van der Waals surface area (Å²) >= 11 is 0. The Hall–Kier alpha value is -3.59. The molecule has 32 heavy (non-hydrogen) atoms. The Morgan fingerprint density at radius 3 is 2.62 bits per heavy atom. The summed E-state index contributed by atoms with van der Waals surface area (Å²) in [5, 5.41) is 6.89. The third kappa shape index (κ3) is 4.24. The maximum Gasteiger partial charge on any atom is 0.290 e. The molecule has 1 spiro atoms. The third-order valence-electron chi connectivity index (χ3n) is 6.44. The summed E-state index contributed by atoms with van der Waals surface area (Å²) in [6.45, 7) is 2.49. The second-order valence-electron chi connectivity index (χ2n) is 8.19. The van der Waals surface area contributed by atoms with Crippen LogP contribution in [-0.2, 0) is 23.2 Å². The highest BCUT2D eigenvalue weighted by Crippen LogP contribution is 2.44. The van der Waals surface area contributed by atoms with Gasteiger partial charge in [0.15, 0.2) is 0 Å². The molecule has 0 radical (unpaired) electrons. The molecule has 0 unspecified atom stereocenters. The zero-order chi connectivity index (χ0) is 22.6. The number of nitrogens with one attached hydrogen (secondary N) is 1. The number of hydrogen-bond acceptors (Lipinski definition) is 7. The molecule has 0 saturated carbocycles. The standard InChI is InChI=1S/C22H24N6O.CH2O2/c23-19-16(4-2-10-25-19)14-28-11-7-22(8-12-28)6-5-17-18(22)26-20(27-21(17)29)15-3-1-9-24-13-15;2-1-3/h1-4,9-10,13H,5-8,11-12,14H2,(H2,23,25)(H,26,27,29);1H,(H,2,3). The molecule has 3 aromatic heterocycles. The first-order valence-electron chi connectivity index (χ1n) is 10.6. The molecule has 166 valence electrons. The lowest BCUT2D eigenvalue weighted by molar-refractivity contribution is -0.122. The molecule has 9 nitrogen and oxygen atoms in total. The van der Waals surface area contributed by atoms with Crippen LogP contribution in [-0.4, -0.2) is 49.5 Å². The zero-order valence-electron chi connectivity index (χ0n) is 17.7. The van der Waals surface area contributed by atoms with E-state index in [1.165, 1.54) is 0 Å². The van der Waals surface area contributed by atoms with Gasteiger partial charge in [0.25, 0.3) is 12.0 Å². The molecule has 1 aliphatic carbocycles. The zero-order valence-corrected chi connectivity index (χ0v) is 17.7. The molecule has 0 aromatic carbocycles. The number of fused-ring (bicyclic) bond motifs is 2.